The van der Waals surface area contributed by atoms with Crippen LogP contribution in [0.3, 0.4) is 0 Å². The van der Waals surface area contributed by atoms with E-state index < -0.39 is 0 Å². The number of carbonyl (C=O) groups excluding carboxylic acids is 1. The first-order chi connectivity index (χ1) is 14.4. The SMILES string of the molecule is COc1cc(CNc2cccc(C)c2)cc(Cl)c1OCC(=O)Nc1cccc(C)c1. The minimum Gasteiger partial charge on any atom is -0.493 e. The first-order valence-electron chi connectivity index (χ1n) is 9.61. The molecule has 1 amide bonds. The van der Waals surface area contributed by atoms with Crippen LogP contribution in [-0.2, 0) is 11.3 Å². The predicted molar refractivity (Wildman–Crippen MR) is 122 cm³/mol. The molecule has 0 bridgehead atoms. The molecule has 6 heteroatoms. The lowest BCUT2D eigenvalue weighted by molar-refractivity contribution is -0.118. The van der Waals surface area contributed by atoms with Gasteiger partial charge < -0.3 is 20.1 Å². The zero-order valence-electron chi connectivity index (χ0n) is 17.3. The first-order valence-corrected chi connectivity index (χ1v) is 9.98. The second kappa shape index (κ2) is 10.0. The summed E-state index contributed by atoms with van der Waals surface area (Å²) in [4.78, 5) is 12.2. The van der Waals surface area contributed by atoms with Gasteiger partial charge in [0.05, 0.1) is 12.1 Å². The number of carbonyl (C=O) groups is 1. The third-order valence-electron chi connectivity index (χ3n) is 4.45. The third kappa shape index (κ3) is 5.91. The van der Waals surface area contributed by atoms with Crippen LogP contribution in [0, 0.1) is 13.8 Å². The van der Waals surface area contributed by atoms with Crippen LogP contribution in [0.2, 0.25) is 5.02 Å². The Bertz CT molecular complexity index is 1040. The minimum absolute atomic E-state index is 0.176. The lowest BCUT2D eigenvalue weighted by Crippen LogP contribution is -2.20. The number of anilines is 2. The number of nitrogens with one attached hydrogen (secondary N) is 2. The Morgan fingerprint density at radius 2 is 1.63 bits per heavy atom. The van der Waals surface area contributed by atoms with E-state index in [9.17, 15) is 4.79 Å². The van der Waals surface area contributed by atoms with Crippen LogP contribution in [0.15, 0.2) is 60.7 Å². The highest BCUT2D eigenvalue weighted by Gasteiger charge is 2.14. The summed E-state index contributed by atoms with van der Waals surface area (Å²) in [5.74, 6) is 0.550. The molecule has 0 atom stereocenters. The largest absolute Gasteiger partial charge is 0.493 e. The Morgan fingerprint density at radius 3 is 2.30 bits per heavy atom. The maximum atomic E-state index is 12.2. The van der Waals surface area contributed by atoms with Crippen LogP contribution in [0.5, 0.6) is 11.5 Å². The van der Waals surface area contributed by atoms with Crippen LogP contribution >= 0.6 is 11.6 Å². The quantitative estimate of drug-likeness (QED) is 0.494. The fourth-order valence-corrected chi connectivity index (χ4v) is 3.32. The molecule has 0 saturated heterocycles. The molecule has 5 nitrogen and oxygen atoms in total. The first kappa shape index (κ1) is 21.5. The van der Waals surface area contributed by atoms with Gasteiger partial charge in [-0.2, -0.15) is 0 Å². The van der Waals surface area contributed by atoms with E-state index >= 15 is 0 Å². The van der Waals surface area contributed by atoms with E-state index in [1.807, 2.05) is 62.4 Å². The minimum atomic E-state index is -0.274. The molecule has 0 aromatic heterocycles. The van der Waals surface area contributed by atoms with Gasteiger partial charge in [0.15, 0.2) is 18.1 Å². The van der Waals surface area contributed by atoms with Gasteiger partial charge in [-0.05, 0) is 66.9 Å². The van der Waals surface area contributed by atoms with Gasteiger partial charge in [0, 0.05) is 17.9 Å². The van der Waals surface area contributed by atoms with E-state index in [-0.39, 0.29) is 12.5 Å². The molecule has 0 aliphatic carbocycles. The molecule has 2 N–H and O–H groups in total. The van der Waals surface area contributed by atoms with Crippen molar-refractivity contribution in [1.82, 2.24) is 0 Å². The van der Waals surface area contributed by atoms with Gasteiger partial charge in [-0.15, -0.1) is 0 Å². The number of hydrogen-bond acceptors (Lipinski definition) is 4. The summed E-state index contributed by atoms with van der Waals surface area (Å²) in [5.41, 5.74) is 4.93. The van der Waals surface area contributed by atoms with Crippen LogP contribution in [0.4, 0.5) is 11.4 Å². The van der Waals surface area contributed by atoms with Gasteiger partial charge in [-0.3, -0.25) is 4.79 Å². The molecule has 3 aromatic rings. The van der Waals surface area contributed by atoms with E-state index in [0.29, 0.717) is 23.1 Å². The lowest BCUT2D eigenvalue weighted by atomic mass is 10.1. The molecule has 0 spiro atoms. The summed E-state index contributed by atoms with van der Waals surface area (Å²) in [5, 5.41) is 6.56. The van der Waals surface area contributed by atoms with Gasteiger partial charge in [0.25, 0.3) is 5.91 Å². The molecular weight excluding hydrogens is 400 g/mol. The van der Waals surface area contributed by atoms with Crippen LogP contribution in [0.25, 0.3) is 0 Å². The van der Waals surface area contributed by atoms with Gasteiger partial charge in [0.2, 0.25) is 0 Å². The van der Waals surface area contributed by atoms with Crippen molar-refractivity contribution in [3.63, 3.8) is 0 Å². The summed E-state index contributed by atoms with van der Waals surface area (Å²) in [6.07, 6.45) is 0. The van der Waals surface area contributed by atoms with Gasteiger partial charge >= 0.3 is 0 Å². The molecule has 0 aliphatic rings. The smallest absolute Gasteiger partial charge is 0.262 e. The van der Waals surface area contributed by atoms with Crippen molar-refractivity contribution in [2.75, 3.05) is 24.4 Å². The summed E-state index contributed by atoms with van der Waals surface area (Å²) in [6.45, 7) is 4.41. The molecule has 0 saturated carbocycles. The normalized spacial score (nSPS) is 10.4. The van der Waals surface area contributed by atoms with E-state index in [0.717, 1.165) is 22.5 Å². The number of hydrogen-bond donors (Lipinski definition) is 2. The molecular formula is C24H25ClN2O3. The zero-order chi connectivity index (χ0) is 21.5. The predicted octanol–water partition coefficient (Wildman–Crippen LogP) is 5.60. The molecule has 156 valence electrons. The highest BCUT2D eigenvalue weighted by atomic mass is 35.5. The fourth-order valence-electron chi connectivity index (χ4n) is 3.03. The molecule has 0 heterocycles. The molecule has 30 heavy (non-hydrogen) atoms. The second-order valence-corrected chi connectivity index (χ2v) is 7.45. The molecule has 0 unspecified atom stereocenters. The fraction of sp³-hybridized carbons (Fsp3) is 0.208. The number of methoxy groups -OCH3 is 1. The van der Waals surface area contributed by atoms with Crippen LogP contribution < -0.4 is 20.1 Å². The molecule has 0 radical (unpaired) electrons. The summed E-state index contributed by atoms with van der Waals surface area (Å²) < 4.78 is 11.1. The maximum Gasteiger partial charge on any atom is 0.262 e. The van der Waals surface area contributed by atoms with Gasteiger partial charge in [0.1, 0.15) is 0 Å². The Balaban J connectivity index is 1.64. The van der Waals surface area contributed by atoms with E-state index in [1.54, 1.807) is 13.2 Å². The lowest BCUT2D eigenvalue weighted by Gasteiger charge is -2.15. The van der Waals surface area contributed by atoms with Crippen molar-refractivity contribution in [2.24, 2.45) is 0 Å². The summed E-state index contributed by atoms with van der Waals surface area (Å²) in [6, 6.07) is 19.4. The summed E-state index contributed by atoms with van der Waals surface area (Å²) >= 11 is 6.42. The average molecular weight is 425 g/mol. The second-order valence-electron chi connectivity index (χ2n) is 7.04. The van der Waals surface area contributed by atoms with Crippen LogP contribution in [-0.4, -0.2) is 19.6 Å². The third-order valence-corrected chi connectivity index (χ3v) is 4.73. The highest BCUT2D eigenvalue weighted by Crippen LogP contribution is 2.36. The average Bonchev–Trinajstić information content (AvgIpc) is 2.71. The Labute approximate surface area is 182 Å². The monoisotopic (exact) mass is 424 g/mol. The number of rotatable bonds is 8. The molecule has 3 rings (SSSR count). The van der Waals surface area contributed by atoms with Crippen molar-refractivity contribution in [2.45, 2.75) is 20.4 Å². The zero-order valence-corrected chi connectivity index (χ0v) is 18.0. The van der Waals surface area contributed by atoms with Crippen molar-refractivity contribution in [3.05, 3.63) is 82.4 Å². The van der Waals surface area contributed by atoms with Gasteiger partial charge in [-0.1, -0.05) is 35.9 Å². The Hall–Kier alpha value is -3.18. The Morgan fingerprint density at radius 1 is 0.967 bits per heavy atom. The van der Waals surface area contributed by atoms with E-state index in [1.165, 1.54) is 5.56 Å². The number of benzene rings is 3. The number of halogens is 1. The molecule has 3 aromatic carbocycles. The van der Waals surface area contributed by atoms with E-state index in [2.05, 4.69) is 16.7 Å². The number of amides is 1. The topological polar surface area (TPSA) is 59.6 Å². The van der Waals surface area contributed by atoms with Crippen LogP contribution in [0.1, 0.15) is 16.7 Å². The van der Waals surface area contributed by atoms with Crippen molar-refractivity contribution >= 4 is 28.9 Å². The van der Waals surface area contributed by atoms with Crippen molar-refractivity contribution in [3.8, 4) is 11.5 Å². The number of aryl methyl sites for hydroxylation is 2. The highest BCUT2D eigenvalue weighted by molar-refractivity contribution is 6.32. The van der Waals surface area contributed by atoms with E-state index in [4.69, 9.17) is 21.1 Å². The molecule has 0 aliphatic heterocycles. The number of ether oxygens (including phenoxy) is 2. The maximum absolute atomic E-state index is 12.2. The summed E-state index contributed by atoms with van der Waals surface area (Å²) in [7, 11) is 1.54. The molecule has 0 fully saturated rings. The van der Waals surface area contributed by atoms with Crippen molar-refractivity contribution in [1.29, 1.82) is 0 Å². The van der Waals surface area contributed by atoms with Crippen molar-refractivity contribution < 1.29 is 14.3 Å². The standard InChI is InChI=1S/C24H25ClN2O3/c1-16-6-4-8-19(10-16)26-14-18-12-21(25)24(22(13-18)29-3)30-15-23(28)27-20-9-5-7-17(2)11-20/h4-13,26H,14-15H2,1-3H3,(H,27,28). The Kier molecular flexibility index (Phi) is 7.20. The van der Waals surface area contributed by atoms with Gasteiger partial charge in [-0.25, -0.2) is 0 Å².